The van der Waals surface area contributed by atoms with E-state index in [-0.39, 0.29) is 22.6 Å². The molecule has 2 atom stereocenters. The van der Waals surface area contributed by atoms with Crippen molar-refractivity contribution in [2.45, 2.75) is 69.8 Å². The van der Waals surface area contributed by atoms with Crippen LogP contribution in [0.5, 0.6) is 0 Å². The Bertz CT molecular complexity index is 654. The number of halogens is 2. The van der Waals surface area contributed by atoms with Crippen molar-refractivity contribution in [1.29, 1.82) is 0 Å². The van der Waals surface area contributed by atoms with E-state index in [0.29, 0.717) is 12.8 Å². The Hall–Kier alpha value is -1.53. The van der Waals surface area contributed by atoms with Crippen LogP contribution in [0.4, 0.5) is 8.78 Å². The molecule has 0 saturated carbocycles. The van der Waals surface area contributed by atoms with E-state index in [9.17, 15) is 4.79 Å². The van der Waals surface area contributed by atoms with Crippen LogP contribution in [0.25, 0.3) is 0 Å². The molecular weight excluding hydrogens is 352 g/mol. The van der Waals surface area contributed by atoms with Gasteiger partial charge in [-0.05, 0) is 24.6 Å². The summed E-state index contributed by atoms with van der Waals surface area (Å²) in [5.41, 5.74) is -0.0659. The molecule has 1 amide bonds. The molecule has 144 valence electrons. The van der Waals surface area contributed by atoms with Crippen molar-refractivity contribution >= 4 is 14.2 Å². The predicted molar refractivity (Wildman–Crippen MR) is 103 cm³/mol. The molecule has 1 heterocycles. The van der Waals surface area contributed by atoms with Gasteiger partial charge in [0, 0.05) is 18.0 Å². The van der Waals surface area contributed by atoms with Crippen LogP contribution in [0.3, 0.4) is 0 Å². The standard InChI is InChI=1S/C20H29F2NO2Si/c1-19(2,3)26(4,5)25-17(13-11-16-12-14-18(24)23-16)20(21,22)15-9-7-6-8-10-15/h6-11,13,16-17H,12,14H2,1-5H3,(H,23,24)/t16-,17?/m0/s1. The van der Waals surface area contributed by atoms with Crippen LogP contribution in [-0.4, -0.2) is 26.4 Å². The third-order valence-electron chi connectivity index (χ3n) is 5.29. The van der Waals surface area contributed by atoms with Gasteiger partial charge in [0.15, 0.2) is 8.32 Å². The van der Waals surface area contributed by atoms with Crippen molar-refractivity contribution in [2.75, 3.05) is 0 Å². The van der Waals surface area contributed by atoms with Crippen LogP contribution in [0.1, 0.15) is 39.2 Å². The van der Waals surface area contributed by atoms with Crippen LogP contribution in [0.2, 0.25) is 18.1 Å². The second kappa shape index (κ2) is 7.60. The first-order valence-corrected chi connectivity index (χ1v) is 11.9. The summed E-state index contributed by atoms with van der Waals surface area (Å²) in [4.78, 5) is 11.4. The van der Waals surface area contributed by atoms with Crippen molar-refractivity contribution in [3.05, 3.63) is 48.0 Å². The highest BCUT2D eigenvalue weighted by atomic mass is 28.4. The van der Waals surface area contributed by atoms with E-state index in [1.807, 2.05) is 33.9 Å². The maximum Gasteiger partial charge on any atom is 0.301 e. The number of benzene rings is 1. The van der Waals surface area contributed by atoms with Gasteiger partial charge in [0.2, 0.25) is 5.91 Å². The highest BCUT2D eigenvalue weighted by molar-refractivity contribution is 6.74. The molecular formula is C20H29F2NO2Si. The minimum atomic E-state index is -3.16. The number of amides is 1. The van der Waals surface area contributed by atoms with E-state index >= 15 is 8.78 Å². The Labute approximate surface area is 156 Å². The van der Waals surface area contributed by atoms with Gasteiger partial charge >= 0.3 is 5.92 Å². The van der Waals surface area contributed by atoms with Crippen LogP contribution < -0.4 is 5.32 Å². The molecule has 1 fully saturated rings. The summed E-state index contributed by atoms with van der Waals surface area (Å²) in [5, 5.41) is 2.59. The molecule has 1 N–H and O–H groups in total. The van der Waals surface area contributed by atoms with Crippen molar-refractivity contribution in [3.8, 4) is 0 Å². The van der Waals surface area contributed by atoms with Gasteiger partial charge < -0.3 is 9.74 Å². The number of carbonyl (C=O) groups excluding carboxylic acids is 1. The fourth-order valence-corrected chi connectivity index (χ4v) is 3.79. The molecule has 1 aliphatic heterocycles. The minimum Gasteiger partial charge on any atom is -0.404 e. The molecule has 0 aromatic heterocycles. The minimum absolute atomic E-state index is 0.0451. The molecule has 2 rings (SSSR count). The van der Waals surface area contributed by atoms with Crippen molar-refractivity contribution in [3.63, 3.8) is 0 Å². The Morgan fingerprint density at radius 3 is 2.35 bits per heavy atom. The van der Waals surface area contributed by atoms with Gasteiger partial charge in [-0.25, -0.2) is 0 Å². The molecule has 6 heteroatoms. The summed E-state index contributed by atoms with van der Waals surface area (Å²) in [6, 6.07) is 7.56. The smallest absolute Gasteiger partial charge is 0.301 e. The summed E-state index contributed by atoms with van der Waals surface area (Å²) in [6.07, 6.45) is 2.77. The Balaban J connectivity index is 2.32. The number of alkyl halides is 2. The van der Waals surface area contributed by atoms with E-state index in [1.165, 1.54) is 18.2 Å². The molecule has 0 radical (unpaired) electrons. The molecule has 0 aliphatic carbocycles. The first-order chi connectivity index (χ1) is 11.9. The summed E-state index contributed by atoms with van der Waals surface area (Å²) in [6.45, 7) is 10.0. The monoisotopic (exact) mass is 381 g/mol. The zero-order valence-corrected chi connectivity index (χ0v) is 17.2. The number of carbonyl (C=O) groups is 1. The van der Waals surface area contributed by atoms with E-state index < -0.39 is 20.3 Å². The quantitative estimate of drug-likeness (QED) is 0.556. The number of rotatable bonds is 6. The lowest BCUT2D eigenvalue weighted by molar-refractivity contribution is -0.119. The molecule has 0 spiro atoms. The van der Waals surface area contributed by atoms with Gasteiger partial charge in [-0.15, -0.1) is 0 Å². The molecule has 1 aliphatic rings. The fraction of sp³-hybridized carbons (Fsp3) is 0.550. The highest BCUT2D eigenvalue weighted by Crippen LogP contribution is 2.42. The van der Waals surface area contributed by atoms with Crippen LogP contribution in [-0.2, 0) is 15.1 Å². The zero-order chi connectivity index (χ0) is 19.6. The molecule has 1 saturated heterocycles. The Morgan fingerprint density at radius 2 is 1.85 bits per heavy atom. The first kappa shape index (κ1) is 20.8. The van der Waals surface area contributed by atoms with Gasteiger partial charge in [-0.1, -0.05) is 63.3 Å². The van der Waals surface area contributed by atoms with Crippen molar-refractivity contribution in [1.82, 2.24) is 5.32 Å². The van der Waals surface area contributed by atoms with Crippen LogP contribution in [0, 0.1) is 0 Å². The van der Waals surface area contributed by atoms with Crippen LogP contribution >= 0.6 is 0 Å². The number of hydrogen-bond acceptors (Lipinski definition) is 2. The predicted octanol–water partition coefficient (Wildman–Crippen LogP) is 5.00. The second-order valence-corrected chi connectivity index (χ2v) is 13.1. The molecule has 1 aromatic rings. The lowest BCUT2D eigenvalue weighted by Gasteiger charge is -2.40. The lowest BCUT2D eigenvalue weighted by Crippen LogP contribution is -2.47. The SMILES string of the molecule is CC(C)(C)[Si](C)(C)OC(C=C[C@H]1CCC(=O)N1)C(F)(F)c1ccccc1. The molecule has 26 heavy (non-hydrogen) atoms. The maximum atomic E-state index is 15.2. The van der Waals surface area contributed by atoms with Crippen molar-refractivity contribution < 1.29 is 18.0 Å². The van der Waals surface area contributed by atoms with Gasteiger partial charge in [0.1, 0.15) is 6.10 Å². The van der Waals surface area contributed by atoms with Gasteiger partial charge in [0.05, 0.1) is 0 Å². The third-order valence-corrected chi connectivity index (χ3v) is 9.75. The topological polar surface area (TPSA) is 38.3 Å². The van der Waals surface area contributed by atoms with E-state index in [2.05, 4.69) is 5.32 Å². The first-order valence-electron chi connectivity index (χ1n) is 9.02. The summed E-state index contributed by atoms with van der Waals surface area (Å²) in [7, 11) is -2.42. The zero-order valence-electron chi connectivity index (χ0n) is 16.2. The fourth-order valence-electron chi connectivity index (χ4n) is 2.57. The van der Waals surface area contributed by atoms with Gasteiger partial charge in [-0.2, -0.15) is 8.78 Å². The van der Waals surface area contributed by atoms with Crippen molar-refractivity contribution in [2.24, 2.45) is 0 Å². The van der Waals surface area contributed by atoms with E-state index in [4.69, 9.17) is 4.43 Å². The maximum absolute atomic E-state index is 15.2. The summed E-state index contributed by atoms with van der Waals surface area (Å²) >= 11 is 0. The second-order valence-electron chi connectivity index (χ2n) is 8.39. The number of nitrogens with one attached hydrogen (secondary N) is 1. The highest BCUT2D eigenvalue weighted by Gasteiger charge is 2.47. The number of hydrogen-bond donors (Lipinski definition) is 1. The average molecular weight is 382 g/mol. The largest absolute Gasteiger partial charge is 0.404 e. The normalized spacial score (nSPS) is 20.4. The van der Waals surface area contributed by atoms with E-state index in [0.717, 1.165) is 0 Å². The molecule has 0 bridgehead atoms. The summed E-state index contributed by atoms with van der Waals surface area (Å²) in [5.74, 6) is -3.20. The Morgan fingerprint density at radius 1 is 1.23 bits per heavy atom. The van der Waals surface area contributed by atoms with Gasteiger partial charge in [0.25, 0.3) is 0 Å². The average Bonchev–Trinajstić information content (AvgIpc) is 2.96. The van der Waals surface area contributed by atoms with Crippen LogP contribution in [0.15, 0.2) is 42.5 Å². The summed E-state index contributed by atoms with van der Waals surface area (Å²) < 4.78 is 36.6. The van der Waals surface area contributed by atoms with Gasteiger partial charge in [-0.3, -0.25) is 4.79 Å². The third kappa shape index (κ3) is 4.80. The lowest BCUT2D eigenvalue weighted by atomic mass is 10.0. The Kier molecular flexibility index (Phi) is 6.08. The molecule has 1 aromatic carbocycles. The van der Waals surface area contributed by atoms with E-state index in [1.54, 1.807) is 24.3 Å². The molecule has 1 unspecified atom stereocenters. The molecule has 3 nitrogen and oxygen atoms in total.